The van der Waals surface area contributed by atoms with Gasteiger partial charge in [0.05, 0.1) is 11.4 Å². The Balaban J connectivity index is 2.63. The zero-order valence-electron chi connectivity index (χ0n) is 7.27. The highest BCUT2D eigenvalue weighted by Crippen LogP contribution is 2.21. The summed E-state index contributed by atoms with van der Waals surface area (Å²) in [6.45, 7) is 2.11. The third-order valence-corrected chi connectivity index (χ3v) is 2.78. The van der Waals surface area contributed by atoms with E-state index < -0.39 is 6.10 Å². The van der Waals surface area contributed by atoms with Crippen LogP contribution in [-0.4, -0.2) is 21.0 Å². The number of aromatic nitrogens is 2. The predicted molar refractivity (Wildman–Crippen MR) is 51.8 cm³/mol. The van der Waals surface area contributed by atoms with Gasteiger partial charge in [0.15, 0.2) is 4.96 Å². The summed E-state index contributed by atoms with van der Waals surface area (Å²) < 4.78 is 1.89. The molecule has 0 radical (unpaired) electrons. The van der Waals surface area contributed by atoms with Crippen molar-refractivity contribution >= 4 is 16.3 Å². The van der Waals surface area contributed by atoms with E-state index in [2.05, 4.69) is 4.98 Å². The van der Waals surface area contributed by atoms with Crippen LogP contribution in [0.15, 0.2) is 11.6 Å². The second-order valence-corrected chi connectivity index (χ2v) is 3.76. The van der Waals surface area contributed by atoms with Crippen LogP contribution in [0.3, 0.4) is 0 Å². The van der Waals surface area contributed by atoms with E-state index in [0.717, 1.165) is 16.3 Å². The van der Waals surface area contributed by atoms with Gasteiger partial charge in [0, 0.05) is 18.1 Å². The molecule has 0 unspecified atom stereocenters. The monoisotopic (exact) mass is 197 g/mol. The quantitative estimate of drug-likeness (QED) is 0.744. The Hall–Kier alpha value is -0.910. The van der Waals surface area contributed by atoms with Crippen LogP contribution in [0.4, 0.5) is 0 Å². The first kappa shape index (κ1) is 8.68. The van der Waals surface area contributed by atoms with Crippen molar-refractivity contribution in [1.82, 2.24) is 9.38 Å². The van der Waals surface area contributed by atoms with Crippen LogP contribution in [0.5, 0.6) is 0 Å². The first-order valence-corrected chi connectivity index (χ1v) is 4.92. The van der Waals surface area contributed by atoms with Crippen LogP contribution in [0, 0.1) is 6.92 Å². The summed E-state index contributed by atoms with van der Waals surface area (Å²) in [5, 5.41) is 11.6. The summed E-state index contributed by atoms with van der Waals surface area (Å²) in [6.07, 6.45) is 1.28. The Kier molecular flexibility index (Phi) is 2.07. The minimum absolute atomic E-state index is 0.227. The van der Waals surface area contributed by atoms with Gasteiger partial charge in [0.25, 0.3) is 0 Å². The molecule has 0 aliphatic carbocycles. The lowest BCUT2D eigenvalue weighted by atomic mass is 10.2. The second kappa shape index (κ2) is 3.10. The molecule has 0 bridgehead atoms. The number of nitrogens with zero attached hydrogens (tertiary/aromatic N) is 2. The summed E-state index contributed by atoms with van der Waals surface area (Å²) in [5.74, 6) is 0. The molecule has 4 nitrogen and oxygen atoms in total. The zero-order chi connectivity index (χ0) is 9.42. The van der Waals surface area contributed by atoms with Crippen molar-refractivity contribution in [2.24, 2.45) is 5.73 Å². The van der Waals surface area contributed by atoms with Gasteiger partial charge in [0.2, 0.25) is 0 Å². The molecule has 0 saturated heterocycles. The molecular formula is C8H11N3OS. The third-order valence-electron chi connectivity index (χ3n) is 2.02. The summed E-state index contributed by atoms with van der Waals surface area (Å²) in [7, 11) is 0. The maximum absolute atomic E-state index is 9.63. The van der Waals surface area contributed by atoms with Crippen LogP contribution >= 0.6 is 11.3 Å². The summed E-state index contributed by atoms with van der Waals surface area (Å²) in [4.78, 5) is 5.21. The van der Waals surface area contributed by atoms with E-state index in [9.17, 15) is 5.11 Å². The number of aliphatic hydroxyl groups is 1. The van der Waals surface area contributed by atoms with Gasteiger partial charge >= 0.3 is 0 Å². The molecule has 2 aromatic rings. The van der Waals surface area contributed by atoms with E-state index in [1.165, 1.54) is 0 Å². The van der Waals surface area contributed by atoms with E-state index >= 15 is 0 Å². The lowest BCUT2D eigenvalue weighted by molar-refractivity contribution is 0.180. The highest BCUT2D eigenvalue weighted by atomic mass is 32.1. The van der Waals surface area contributed by atoms with Gasteiger partial charge in [-0.1, -0.05) is 0 Å². The van der Waals surface area contributed by atoms with E-state index in [1.54, 1.807) is 11.3 Å². The maximum atomic E-state index is 9.63. The van der Waals surface area contributed by atoms with Gasteiger partial charge < -0.3 is 10.8 Å². The first-order valence-electron chi connectivity index (χ1n) is 4.04. The fourth-order valence-electron chi connectivity index (χ4n) is 1.42. The van der Waals surface area contributed by atoms with E-state index in [-0.39, 0.29) is 6.54 Å². The number of thiazole rings is 1. The Bertz CT molecular complexity index is 420. The van der Waals surface area contributed by atoms with E-state index in [1.807, 2.05) is 22.9 Å². The molecule has 0 saturated carbocycles. The highest BCUT2D eigenvalue weighted by Gasteiger charge is 2.15. The van der Waals surface area contributed by atoms with Gasteiger partial charge in [-0.05, 0) is 6.92 Å². The Morgan fingerprint density at radius 3 is 3.23 bits per heavy atom. The van der Waals surface area contributed by atoms with Crippen molar-refractivity contribution in [1.29, 1.82) is 0 Å². The van der Waals surface area contributed by atoms with E-state index in [4.69, 9.17) is 5.73 Å². The second-order valence-electron chi connectivity index (χ2n) is 2.89. The summed E-state index contributed by atoms with van der Waals surface area (Å²) in [6, 6.07) is 0. The molecule has 70 valence electrons. The largest absolute Gasteiger partial charge is 0.385 e. The SMILES string of the molecule is Cc1nc2sccn2c1[C@H](O)CN. The Morgan fingerprint density at radius 2 is 2.54 bits per heavy atom. The van der Waals surface area contributed by atoms with E-state index in [0.29, 0.717) is 0 Å². The van der Waals surface area contributed by atoms with Gasteiger partial charge in [-0.25, -0.2) is 4.98 Å². The number of aliphatic hydroxyl groups excluding tert-OH is 1. The molecule has 1 atom stereocenters. The fraction of sp³-hybridized carbons (Fsp3) is 0.375. The topological polar surface area (TPSA) is 63.5 Å². The van der Waals surface area contributed by atoms with Gasteiger partial charge in [0.1, 0.15) is 6.10 Å². The molecule has 0 fully saturated rings. The molecule has 3 N–H and O–H groups in total. The molecule has 2 aromatic heterocycles. The fourth-order valence-corrected chi connectivity index (χ4v) is 2.19. The number of hydrogen-bond acceptors (Lipinski definition) is 4. The highest BCUT2D eigenvalue weighted by molar-refractivity contribution is 7.15. The van der Waals surface area contributed by atoms with Crippen molar-refractivity contribution in [2.75, 3.05) is 6.54 Å². The molecular weight excluding hydrogens is 186 g/mol. The van der Waals surface area contributed by atoms with Crippen LogP contribution < -0.4 is 5.73 Å². The number of rotatable bonds is 2. The van der Waals surface area contributed by atoms with Crippen LogP contribution in [0.1, 0.15) is 17.5 Å². The molecule has 0 aliphatic rings. The minimum Gasteiger partial charge on any atom is -0.385 e. The number of fused-ring (bicyclic) bond motifs is 1. The maximum Gasteiger partial charge on any atom is 0.194 e. The molecule has 2 rings (SSSR count). The van der Waals surface area contributed by atoms with Crippen molar-refractivity contribution in [3.63, 3.8) is 0 Å². The molecule has 0 spiro atoms. The average molecular weight is 197 g/mol. The van der Waals surface area contributed by atoms with Gasteiger partial charge in [-0.2, -0.15) is 0 Å². The lowest BCUT2D eigenvalue weighted by Crippen LogP contribution is -2.14. The van der Waals surface area contributed by atoms with Crippen LogP contribution in [-0.2, 0) is 0 Å². The van der Waals surface area contributed by atoms with Gasteiger partial charge in [-0.15, -0.1) is 11.3 Å². The Morgan fingerprint density at radius 1 is 1.77 bits per heavy atom. The van der Waals surface area contributed by atoms with Crippen LogP contribution in [0.25, 0.3) is 4.96 Å². The normalized spacial score (nSPS) is 13.8. The molecule has 0 amide bonds. The number of aryl methyl sites for hydroxylation is 1. The summed E-state index contributed by atoms with van der Waals surface area (Å²) in [5.41, 5.74) is 7.06. The van der Waals surface area contributed by atoms with Crippen molar-refractivity contribution < 1.29 is 5.11 Å². The zero-order valence-corrected chi connectivity index (χ0v) is 8.08. The Labute approximate surface area is 79.6 Å². The lowest BCUT2D eigenvalue weighted by Gasteiger charge is -2.06. The minimum atomic E-state index is -0.621. The molecule has 0 aromatic carbocycles. The number of nitrogens with two attached hydrogens (primary N) is 1. The number of hydrogen-bond donors (Lipinski definition) is 2. The molecule has 13 heavy (non-hydrogen) atoms. The molecule has 0 aliphatic heterocycles. The van der Waals surface area contributed by atoms with Gasteiger partial charge in [-0.3, -0.25) is 4.40 Å². The first-order chi connectivity index (χ1) is 6.24. The van der Waals surface area contributed by atoms with Crippen molar-refractivity contribution in [3.05, 3.63) is 23.0 Å². The predicted octanol–water partition coefficient (Wildman–Crippen LogP) is 0.696. The van der Waals surface area contributed by atoms with Crippen molar-refractivity contribution in [3.8, 4) is 0 Å². The summed E-state index contributed by atoms with van der Waals surface area (Å²) >= 11 is 1.55. The third kappa shape index (κ3) is 1.25. The number of imidazole rings is 1. The smallest absolute Gasteiger partial charge is 0.194 e. The van der Waals surface area contributed by atoms with Crippen molar-refractivity contribution in [2.45, 2.75) is 13.0 Å². The molecule has 5 heteroatoms. The van der Waals surface area contributed by atoms with Crippen LogP contribution in [0.2, 0.25) is 0 Å². The standard InChI is InChI=1S/C8H11N3OS/c1-5-7(6(12)4-9)11-2-3-13-8(11)10-5/h2-3,6,12H,4,9H2,1H3/t6-/m1/s1. The average Bonchev–Trinajstić information content (AvgIpc) is 2.62. The molecule has 2 heterocycles.